The van der Waals surface area contributed by atoms with Crippen molar-refractivity contribution in [3.63, 3.8) is 0 Å². The number of H-pyrrole nitrogens is 1. The van der Waals surface area contributed by atoms with Gasteiger partial charge in [-0.25, -0.2) is 4.68 Å². The number of aromatic nitrogens is 5. The van der Waals surface area contributed by atoms with E-state index in [4.69, 9.17) is 4.42 Å². The molecule has 0 saturated heterocycles. The molecule has 1 N–H and O–H groups in total. The molecule has 3 heterocycles. The second-order valence-electron chi connectivity index (χ2n) is 9.79. The zero-order chi connectivity index (χ0) is 24.4. The summed E-state index contributed by atoms with van der Waals surface area (Å²) in [6.45, 7) is 7.29. The van der Waals surface area contributed by atoms with Crippen molar-refractivity contribution in [1.29, 1.82) is 0 Å². The van der Waals surface area contributed by atoms with Gasteiger partial charge in [0, 0.05) is 17.5 Å². The first-order valence-corrected chi connectivity index (χ1v) is 12.7. The first kappa shape index (κ1) is 23.5. The number of pyridine rings is 1. The maximum atomic E-state index is 13.2. The van der Waals surface area contributed by atoms with E-state index >= 15 is 0 Å². The Labute approximate surface area is 205 Å². The smallest absolute Gasteiger partial charge is 0.252 e. The van der Waals surface area contributed by atoms with Crippen LogP contribution in [0.2, 0.25) is 0 Å². The monoisotopic (exact) mass is 474 g/mol. The van der Waals surface area contributed by atoms with Gasteiger partial charge in [-0.2, -0.15) is 0 Å². The Morgan fingerprint density at radius 3 is 2.69 bits per heavy atom. The summed E-state index contributed by atoms with van der Waals surface area (Å²) in [5, 5.41) is 14.1. The molecular weight excluding hydrogens is 440 g/mol. The molecule has 1 atom stereocenters. The lowest BCUT2D eigenvalue weighted by molar-refractivity contribution is 0.144. The molecule has 1 aliphatic rings. The lowest BCUT2D eigenvalue weighted by Crippen LogP contribution is -2.33. The quantitative estimate of drug-likeness (QED) is 0.368. The number of benzene rings is 1. The van der Waals surface area contributed by atoms with Crippen LogP contribution in [0.25, 0.3) is 10.9 Å². The van der Waals surface area contributed by atoms with E-state index in [9.17, 15) is 4.79 Å². The molecule has 5 rings (SSSR count). The Morgan fingerprint density at radius 2 is 1.94 bits per heavy atom. The van der Waals surface area contributed by atoms with Gasteiger partial charge in [0.2, 0.25) is 0 Å². The second-order valence-corrected chi connectivity index (χ2v) is 9.79. The Morgan fingerprint density at radius 1 is 1.14 bits per heavy atom. The summed E-state index contributed by atoms with van der Waals surface area (Å²) in [4.78, 5) is 18.6. The number of aromatic amines is 1. The summed E-state index contributed by atoms with van der Waals surface area (Å²) in [7, 11) is 0. The Bertz CT molecular complexity index is 1330. The number of fused-ring (bicyclic) bond motifs is 1. The molecular formula is C27H34N6O2. The van der Waals surface area contributed by atoms with Crippen LogP contribution in [0.1, 0.15) is 85.8 Å². The Balaban J connectivity index is 1.53. The molecule has 0 radical (unpaired) electrons. The van der Waals surface area contributed by atoms with Crippen LogP contribution >= 0.6 is 0 Å². The number of hydrogen-bond acceptors (Lipinski definition) is 6. The van der Waals surface area contributed by atoms with Crippen molar-refractivity contribution < 1.29 is 4.42 Å². The summed E-state index contributed by atoms with van der Waals surface area (Å²) in [5.74, 6) is 1.72. The van der Waals surface area contributed by atoms with Gasteiger partial charge in [-0.15, -0.1) is 5.10 Å². The van der Waals surface area contributed by atoms with Gasteiger partial charge in [-0.05, 0) is 72.9 Å². The van der Waals surface area contributed by atoms with Crippen molar-refractivity contribution in [2.24, 2.45) is 0 Å². The van der Waals surface area contributed by atoms with E-state index < -0.39 is 0 Å². The molecule has 8 nitrogen and oxygen atoms in total. The highest BCUT2D eigenvalue weighted by Crippen LogP contribution is 2.33. The standard InChI is InChI=1S/C27H34N6O2/c1-4-24(26-29-30-31-33(26)21-9-6-5-7-10-21)32(17-22-11-8-14-35-22)16-20-15-23-18(2)12-13-19(3)25(23)28-27(20)34/h8,11-15,21,24H,4-7,9-10,16-17H2,1-3H3,(H,28,34). The van der Waals surface area contributed by atoms with Crippen LogP contribution in [-0.2, 0) is 13.1 Å². The number of nitrogens with zero attached hydrogens (tertiary/aromatic N) is 5. The summed E-state index contributed by atoms with van der Waals surface area (Å²) >= 11 is 0. The first-order valence-electron chi connectivity index (χ1n) is 12.7. The molecule has 1 aromatic carbocycles. The number of hydrogen-bond donors (Lipinski definition) is 1. The predicted molar refractivity (Wildman–Crippen MR) is 135 cm³/mol. The molecule has 3 aromatic heterocycles. The lowest BCUT2D eigenvalue weighted by atomic mass is 9.95. The normalized spacial score (nSPS) is 15.8. The van der Waals surface area contributed by atoms with Crippen LogP contribution in [0.5, 0.6) is 0 Å². The third-order valence-corrected chi connectivity index (χ3v) is 7.40. The highest BCUT2D eigenvalue weighted by Gasteiger charge is 2.29. The molecule has 0 bridgehead atoms. The summed E-state index contributed by atoms with van der Waals surface area (Å²) < 4.78 is 7.75. The summed E-state index contributed by atoms with van der Waals surface area (Å²) in [6, 6.07) is 10.4. The SMILES string of the molecule is CCC(c1nnnn1C1CCCCC1)N(Cc1ccco1)Cc1cc2c(C)ccc(C)c2[nH]c1=O. The van der Waals surface area contributed by atoms with E-state index in [-0.39, 0.29) is 11.6 Å². The van der Waals surface area contributed by atoms with Gasteiger partial charge in [-0.1, -0.05) is 38.3 Å². The van der Waals surface area contributed by atoms with Gasteiger partial charge in [0.05, 0.1) is 30.4 Å². The fourth-order valence-electron chi connectivity index (χ4n) is 5.44. The van der Waals surface area contributed by atoms with Gasteiger partial charge in [-0.3, -0.25) is 9.69 Å². The van der Waals surface area contributed by atoms with Crippen molar-refractivity contribution in [1.82, 2.24) is 30.1 Å². The minimum absolute atomic E-state index is 0.0503. The predicted octanol–water partition coefficient (Wildman–Crippen LogP) is 5.38. The minimum atomic E-state index is -0.0580. The first-order chi connectivity index (χ1) is 17.0. The van der Waals surface area contributed by atoms with Crippen molar-refractivity contribution >= 4 is 10.9 Å². The third-order valence-electron chi connectivity index (χ3n) is 7.40. The van der Waals surface area contributed by atoms with E-state index in [1.165, 1.54) is 19.3 Å². The highest BCUT2D eigenvalue weighted by molar-refractivity contribution is 5.85. The molecule has 0 aliphatic heterocycles. The van der Waals surface area contributed by atoms with Crippen LogP contribution in [0, 0.1) is 13.8 Å². The van der Waals surface area contributed by atoms with Gasteiger partial charge in [0.1, 0.15) is 5.76 Å². The number of tetrazole rings is 1. The molecule has 0 spiro atoms. The van der Waals surface area contributed by atoms with Crippen LogP contribution in [0.15, 0.2) is 45.8 Å². The number of aryl methyl sites for hydroxylation is 2. The summed E-state index contributed by atoms with van der Waals surface area (Å²) in [6.07, 6.45) is 8.42. The molecule has 1 fully saturated rings. The Hall–Kier alpha value is -3.26. The lowest BCUT2D eigenvalue weighted by Gasteiger charge is -2.31. The third kappa shape index (κ3) is 4.80. The molecule has 1 aliphatic carbocycles. The topological polar surface area (TPSA) is 92.8 Å². The maximum absolute atomic E-state index is 13.2. The average molecular weight is 475 g/mol. The fourth-order valence-corrected chi connectivity index (χ4v) is 5.44. The van der Waals surface area contributed by atoms with Crippen molar-refractivity contribution in [3.05, 3.63) is 75.2 Å². The molecule has 35 heavy (non-hydrogen) atoms. The number of nitrogens with one attached hydrogen (secondary N) is 1. The van der Waals surface area contributed by atoms with Crippen LogP contribution in [0.3, 0.4) is 0 Å². The zero-order valence-electron chi connectivity index (χ0n) is 20.8. The van der Waals surface area contributed by atoms with E-state index in [0.717, 1.165) is 58.4 Å². The summed E-state index contributed by atoms with van der Waals surface area (Å²) in [5.41, 5.74) is 3.80. The van der Waals surface area contributed by atoms with Gasteiger partial charge in [0.25, 0.3) is 5.56 Å². The van der Waals surface area contributed by atoms with Gasteiger partial charge in [0.15, 0.2) is 5.82 Å². The van der Waals surface area contributed by atoms with Crippen molar-refractivity contribution in [3.8, 4) is 0 Å². The minimum Gasteiger partial charge on any atom is -0.468 e. The van der Waals surface area contributed by atoms with Crippen LogP contribution in [0.4, 0.5) is 0 Å². The van der Waals surface area contributed by atoms with E-state index in [0.29, 0.717) is 19.1 Å². The molecule has 1 saturated carbocycles. The second kappa shape index (κ2) is 10.2. The zero-order valence-corrected chi connectivity index (χ0v) is 20.8. The fraction of sp³-hybridized carbons (Fsp3) is 0.481. The molecule has 4 aromatic rings. The van der Waals surface area contributed by atoms with Crippen molar-refractivity contribution in [2.75, 3.05) is 0 Å². The maximum Gasteiger partial charge on any atom is 0.252 e. The van der Waals surface area contributed by atoms with Crippen molar-refractivity contribution in [2.45, 2.75) is 84.5 Å². The Kier molecular flexibility index (Phi) is 6.81. The van der Waals surface area contributed by atoms with E-state index in [2.05, 4.69) is 51.4 Å². The molecule has 1 unspecified atom stereocenters. The number of furan rings is 1. The number of rotatable bonds is 8. The van der Waals surface area contributed by atoms with Crippen LogP contribution in [-0.4, -0.2) is 30.1 Å². The highest BCUT2D eigenvalue weighted by atomic mass is 16.3. The molecule has 0 amide bonds. The molecule has 8 heteroatoms. The van der Waals surface area contributed by atoms with E-state index in [1.54, 1.807) is 6.26 Å². The molecule has 184 valence electrons. The van der Waals surface area contributed by atoms with Gasteiger partial charge >= 0.3 is 0 Å². The largest absolute Gasteiger partial charge is 0.468 e. The van der Waals surface area contributed by atoms with Crippen LogP contribution < -0.4 is 5.56 Å². The van der Waals surface area contributed by atoms with E-state index in [1.807, 2.05) is 29.8 Å². The van der Waals surface area contributed by atoms with Gasteiger partial charge < -0.3 is 9.40 Å². The average Bonchev–Trinajstić information content (AvgIpc) is 3.56.